The largest absolute Gasteiger partial charge is 0.349 e. The van der Waals surface area contributed by atoms with Gasteiger partial charge in [0.05, 0.1) is 6.04 Å². The number of rotatable bonds is 1. The summed E-state index contributed by atoms with van der Waals surface area (Å²) in [6.45, 7) is 13.9. The molecule has 4 rings (SSSR count). The Balaban J connectivity index is 1.63. The molecule has 1 aromatic rings. The molecule has 0 spiro atoms. The Bertz CT molecular complexity index is 686. The average Bonchev–Trinajstić information content (AvgIpc) is 3.10. The van der Waals surface area contributed by atoms with Gasteiger partial charge in [0.15, 0.2) is 5.17 Å². The number of hydrogen-bond donors (Lipinski definition) is 1. The van der Waals surface area contributed by atoms with Crippen molar-refractivity contribution in [1.29, 1.82) is 0 Å². The molecular weight excluding hydrogens is 326 g/mol. The number of benzene rings is 1. The van der Waals surface area contributed by atoms with Crippen molar-refractivity contribution in [3.8, 4) is 0 Å². The van der Waals surface area contributed by atoms with Gasteiger partial charge in [0.25, 0.3) is 0 Å². The lowest BCUT2D eigenvalue weighted by Gasteiger charge is -2.42. The first-order chi connectivity index (χ1) is 11.9. The number of amidine groups is 1. The molecule has 1 aliphatic carbocycles. The maximum absolute atomic E-state index is 5.09. The normalized spacial score (nSPS) is 27.8. The molecular formula is C21H31N3S. The lowest BCUT2D eigenvalue weighted by molar-refractivity contribution is 0.331. The van der Waals surface area contributed by atoms with Crippen LogP contribution in [0.1, 0.15) is 63.3 Å². The van der Waals surface area contributed by atoms with Crippen molar-refractivity contribution in [3.05, 3.63) is 34.9 Å². The first-order valence-electron chi connectivity index (χ1n) is 9.68. The van der Waals surface area contributed by atoms with Gasteiger partial charge >= 0.3 is 0 Å². The van der Waals surface area contributed by atoms with E-state index in [9.17, 15) is 0 Å². The molecule has 0 saturated carbocycles. The molecule has 2 heterocycles. The summed E-state index contributed by atoms with van der Waals surface area (Å²) in [4.78, 5) is 7.54. The molecule has 3 nitrogen and oxygen atoms in total. The molecule has 2 aliphatic heterocycles. The fourth-order valence-corrected chi connectivity index (χ4v) is 5.52. The summed E-state index contributed by atoms with van der Waals surface area (Å²) in [7, 11) is 0. The van der Waals surface area contributed by atoms with Crippen molar-refractivity contribution in [2.45, 2.75) is 57.4 Å². The molecule has 25 heavy (non-hydrogen) atoms. The van der Waals surface area contributed by atoms with E-state index in [1.165, 1.54) is 23.6 Å². The predicted octanol–water partition coefficient (Wildman–Crippen LogP) is 4.08. The Morgan fingerprint density at radius 3 is 2.44 bits per heavy atom. The molecule has 0 amide bonds. The summed E-state index contributed by atoms with van der Waals surface area (Å²) in [6, 6.07) is 7.54. The van der Waals surface area contributed by atoms with Gasteiger partial charge in [-0.3, -0.25) is 4.99 Å². The highest BCUT2D eigenvalue weighted by Gasteiger charge is 2.37. The fraction of sp³-hybridized carbons (Fsp3) is 0.667. The van der Waals surface area contributed by atoms with Crippen LogP contribution in [0, 0.1) is 0 Å². The van der Waals surface area contributed by atoms with Crippen LogP contribution < -0.4 is 5.32 Å². The van der Waals surface area contributed by atoms with E-state index in [1.54, 1.807) is 11.1 Å². The third kappa shape index (κ3) is 3.23. The number of thioether (sulfide) groups is 1. The van der Waals surface area contributed by atoms with E-state index in [0.717, 1.165) is 31.9 Å². The van der Waals surface area contributed by atoms with E-state index in [0.29, 0.717) is 11.5 Å². The van der Waals surface area contributed by atoms with E-state index in [4.69, 9.17) is 4.99 Å². The number of hydrogen-bond acceptors (Lipinski definition) is 4. The van der Waals surface area contributed by atoms with E-state index in [2.05, 4.69) is 56.1 Å². The second-order valence-electron chi connectivity index (χ2n) is 9.05. The Labute approximate surface area is 156 Å². The third-order valence-electron chi connectivity index (χ3n) is 6.29. The number of fused-ring (bicyclic) bond motifs is 1. The van der Waals surface area contributed by atoms with Crippen LogP contribution in [0.25, 0.3) is 0 Å². The first kappa shape index (κ1) is 17.4. The minimum atomic E-state index is 0.275. The molecule has 1 aromatic carbocycles. The molecule has 3 aliphatic rings. The van der Waals surface area contributed by atoms with Crippen LogP contribution in [0.3, 0.4) is 0 Å². The van der Waals surface area contributed by atoms with Gasteiger partial charge in [0.1, 0.15) is 0 Å². The zero-order valence-corrected chi connectivity index (χ0v) is 16.9. The molecule has 1 N–H and O–H groups in total. The van der Waals surface area contributed by atoms with Crippen molar-refractivity contribution < 1.29 is 0 Å². The summed E-state index contributed by atoms with van der Waals surface area (Å²) >= 11 is 1.94. The van der Waals surface area contributed by atoms with Gasteiger partial charge in [-0.25, -0.2) is 0 Å². The van der Waals surface area contributed by atoms with E-state index < -0.39 is 0 Å². The Hall–Kier alpha value is -1.00. The van der Waals surface area contributed by atoms with Gasteiger partial charge in [0.2, 0.25) is 0 Å². The van der Waals surface area contributed by atoms with Gasteiger partial charge in [-0.05, 0) is 40.4 Å². The molecule has 1 fully saturated rings. The van der Waals surface area contributed by atoms with E-state index in [-0.39, 0.29) is 5.41 Å². The number of piperazine rings is 1. The van der Waals surface area contributed by atoms with Crippen molar-refractivity contribution in [3.63, 3.8) is 0 Å². The fourth-order valence-electron chi connectivity index (χ4n) is 4.37. The SMILES string of the molecule is CC1(C)CCC(C)(C)c2cc(C3CSC(N4CCNCC4)=N3)ccc21. The van der Waals surface area contributed by atoms with E-state index >= 15 is 0 Å². The molecule has 1 unspecified atom stereocenters. The van der Waals surface area contributed by atoms with Crippen LogP contribution in [-0.2, 0) is 10.8 Å². The van der Waals surface area contributed by atoms with Crippen LogP contribution in [0.2, 0.25) is 0 Å². The molecule has 4 heteroatoms. The highest BCUT2D eigenvalue weighted by molar-refractivity contribution is 8.14. The zero-order valence-electron chi connectivity index (χ0n) is 16.1. The van der Waals surface area contributed by atoms with Crippen molar-refractivity contribution in [1.82, 2.24) is 10.2 Å². The number of nitrogens with one attached hydrogen (secondary N) is 1. The van der Waals surface area contributed by atoms with Gasteiger partial charge in [0, 0.05) is 31.9 Å². The summed E-state index contributed by atoms with van der Waals surface area (Å²) in [6.07, 6.45) is 2.54. The van der Waals surface area contributed by atoms with Gasteiger partial charge in [-0.2, -0.15) is 0 Å². The molecule has 1 saturated heterocycles. The molecule has 0 aromatic heterocycles. The molecule has 0 radical (unpaired) electrons. The molecule has 1 atom stereocenters. The quantitative estimate of drug-likeness (QED) is 0.820. The second kappa shape index (κ2) is 6.31. The minimum Gasteiger partial charge on any atom is -0.349 e. The van der Waals surface area contributed by atoms with Crippen LogP contribution in [-0.4, -0.2) is 42.0 Å². The summed E-state index contributed by atoms with van der Waals surface area (Å²) < 4.78 is 0. The molecule has 136 valence electrons. The van der Waals surface area contributed by atoms with Crippen molar-refractivity contribution in [2.75, 3.05) is 31.9 Å². The minimum absolute atomic E-state index is 0.275. The summed E-state index contributed by atoms with van der Waals surface area (Å²) in [5.41, 5.74) is 5.07. The maximum Gasteiger partial charge on any atom is 0.160 e. The van der Waals surface area contributed by atoms with E-state index in [1.807, 2.05) is 11.8 Å². The smallest absolute Gasteiger partial charge is 0.160 e. The van der Waals surface area contributed by atoms with Gasteiger partial charge in [-0.1, -0.05) is 57.7 Å². The van der Waals surface area contributed by atoms with Crippen LogP contribution in [0.4, 0.5) is 0 Å². The Morgan fingerprint density at radius 2 is 1.72 bits per heavy atom. The Kier molecular flexibility index (Phi) is 4.40. The highest BCUT2D eigenvalue weighted by Crippen LogP contribution is 2.47. The Morgan fingerprint density at radius 1 is 1.04 bits per heavy atom. The van der Waals surface area contributed by atoms with Crippen LogP contribution >= 0.6 is 11.8 Å². The zero-order chi connectivity index (χ0) is 17.7. The number of aliphatic imine (C=N–C) groups is 1. The van der Waals surface area contributed by atoms with Crippen molar-refractivity contribution in [2.24, 2.45) is 4.99 Å². The van der Waals surface area contributed by atoms with Crippen LogP contribution in [0.15, 0.2) is 23.2 Å². The third-order valence-corrected chi connectivity index (χ3v) is 7.39. The second-order valence-corrected chi connectivity index (χ2v) is 10.0. The average molecular weight is 358 g/mol. The van der Waals surface area contributed by atoms with Crippen molar-refractivity contribution >= 4 is 16.9 Å². The van der Waals surface area contributed by atoms with Gasteiger partial charge < -0.3 is 10.2 Å². The maximum atomic E-state index is 5.09. The number of nitrogens with zero attached hydrogens (tertiary/aromatic N) is 2. The lowest BCUT2D eigenvalue weighted by atomic mass is 9.63. The predicted molar refractivity (Wildman–Crippen MR) is 109 cm³/mol. The highest BCUT2D eigenvalue weighted by atomic mass is 32.2. The van der Waals surface area contributed by atoms with Crippen LogP contribution in [0.5, 0.6) is 0 Å². The summed E-state index contributed by atoms with van der Waals surface area (Å²) in [5, 5.41) is 4.68. The van der Waals surface area contributed by atoms with Gasteiger partial charge in [-0.15, -0.1) is 0 Å². The topological polar surface area (TPSA) is 27.6 Å². The standard InChI is InChI=1S/C21H31N3S/c1-20(2)7-8-21(3,4)17-13-15(5-6-16(17)20)18-14-25-19(23-18)24-11-9-22-10-12-24/h5-6,13,18,22H,7-12,14H2,1-4H3. The lowest BCUT2D eigenvalue weighted by Crippen LogP contribution is -2.45. The first-order valence-corrected chi connectivity index (χ1v) is 10.7. The monoisotopic (exact) mass is 357 g/mol. The summed E-state index contributed by atoms with van der Waals surface area (Å²) in [5.74, 6) is 1.09. The molecule has 0 bridgehead atoms.